The number of hydrogen-bond acceptors (Lipinski definition) is 2. The fourth-order valence-electron chi connectivity index (χ4n) is 2.72. The normalized spacial score (nSPS) is 15.2. The van der Waals surface area contributed by atoms with Gasteiger partial charge in [-0.3, -0.25) is 4.79 Å². The van der Waals surface area contributed by atoms with Crippen molar-refractivity contribution >= 4 is 16.8 Å². The second kappa shape index (κ2) is 4.61. The first-order valence-corrected chi connectivity index (χ1v) is 6.63. The van der Waals surface area contributed by atoms with Crippen LogP contribution >= 0.6 is 0 Å². The minimum absolute atomic E-state index is 0.134. The van der Waals surface area contributed by atoms with Crippen molar-refractivity contribution in [2.24, 2.45) is 7.05 Å². The van der Waals surface area contributed by atoms with Gasteiger partial charge in [0.25, 0.3) is 5.91 Å². The van der Waals surface area contributed by atoms with Crippen LogP contribution in [0.25, 0.3) is 10.9 Å². The minimum atomic E-state index is 0.134. The zero-order valence-electron chi connectivity index (χ0n) is 11.3. The molecule has 0 N–H and O–H groups in total. The predicted molar refractivity (Wildman–Crippen MR) is 74.6 cm³/mol. The van der Waals surface area contributed by atoms with E-state index in [-0.39, 0.29) is 5.91 Å². The molecule has 3 rings (SSSR count). The van der Waals surface area contributed by atoms with Crippen molar-refractivity contribution in [3.8, 4) is 5.75 Å². The number of hydrogen-bond donors (Lipinski definition) is 0. The van der Waals surface area contributed by atoms with Gasteiger partial charge in [-0.2, -0.15) is 0 Å². The topological polar surface area (TPSA) is 34.5 Å². The Morgan fingerprint density at radius 2 is 1.95 bits per heavy atom. The summed E-state index contributed by atoms with van der Waals surface area (Å²) < 4.78 is 7.19. The van der Waals surface area contributed by atoms with Gasteiger partial charge in [-0.05, 0) is 31.0 Å². The third-order valence-electron chi connectivity index (χ3n) is 3.86. The number of aryl methyl sites for hydroxylation is 1. The average molecular weight is 258 g/mol. The van der Waals surface area contributed by atoms with Crippen LogP contribution in [-0.4, -0.2) is 35.6 Å². The van der Waals surface area contributed by atoms with E-state index in [0.717, 1.165) is 48.3 Å². The summed E-state index contributed by atoms with van der Waals surface area (Å²) in [7, 11) is 3.59. The number of carbonyl (C=O) groups excluding carboxylic acids is 1. The number of fused-ring (bicyclic) bond motifs is 1. The van der Waals surface area contributed by atoms with E-state index in [2.05, 4.69) is 0 Å². The molecule has 1 fully saturated rings. The lowest BCUT2D eigenvalue weighted by Gasteiger charge is -2.15. The quantitative estimate of drug-likeness (QED) is 0.829. The average Bonchev–Trinajstić information content (AvgIpc) is 3.06. The first kappa shape index (κ1) is 12.1. The van der Waals surface area contributed by atoms with Gasteiger partial charge in [-0.25, -0.2) is 0 Å². The highest BCUT2D eigenvalue weighted by atomic mass is 16.5. The molecule has 4 heteroatoms. The maximum Gasteiger partial charge on any atom is 0.270 e. The van der Waals surface area contributed by atoms with Gasteiger partial charge in [0, 0.05) is 31.6 Å². The number of benzene rings is 1. The van der Waals surface area contributed by atoms with Crippen molar-refractivity contribution in [2.45, 2.75) is 12.8 Å². The maximum atomic E-state index is 12.5. The lowest BCUT2D eigenvalue weighted by Crippen LogP contribution is -2.29. The van der Waals surface area contributed by atoms with Gasteiger partial charge in [0.05, 0.1) is 12.6 Å². The summed E-state index contributed by atoms with van der Waals surface area (Å²) in [4.78, 5) is 14.4. The minimum Gasteiger partial charge on any atom is -0.497 e. The number of nitrogens with zero attached hydrogens (tertiary/aromatic N) is 2. The Bertz CT molecular complexity index is 624. The molecule has 0 spiro atoms. The van der Waals surface area contributed by atoms with Crippen molar-refractivity contribution in [1.29, 1.82) is 0 Å². The third kappa shape index (κ3) is 1.97. The Hall–Kier alpha value is -1.97. The Morgan fingerprint density at radius 3 is 2.63 bits per heavy atom. The molecular weight excluding hydrogens is 240 g/mol. The Kier molecular flexibility index (Phi) is 2.93. The summed E-state index contributed by atoms with van der Waals surface area (Å²) in [6.07, 6.45) is 2.23. The number of amides is 1. The summed E-state index contributed by atoms with van der Waals surface area (Å²) in [6.45, 7) is 1.76. The van der Waals surface area contributed by atoms with E-state index in [1.54, 1.807) is 7.11 Å². The molecule has 19 heavy (non-hydrogen) atoms. The molecule has 1 aliphatic heterocycles. The molecule has 1 amide bonds. The highest BCUT2D eigenvalue weighted by Gasteiger charge is 2.22. The number of aromatic nitrogens is 1. The van der Waals surface area contributed by atoms with E-state index in [1.807, 2.05) is 40.8 Å². The smallest absolute Gasteiger partial charge is 0.270 e. The third-order valence-corrected chi connectivity index (χ3v) is 3.86. The van der Waals surface area contributed by atoms with Crippen molar-refractivity contribution < 1.29 is 9.53 Å². The van der Waals surface area contributed by atoms with Gasteiger partial charge >= 0.3 is 0 Å². The summed E-state index contributed by atoms with van der Waals surface area (Å²) in [6, 6.07) is 7.85. The molecule has 2 heterocycles. The van der Waals surface area contributed by atoms with Crippen molar-refractivity contribution in [3.63, 3.8) is 0 Å². The molecule has 0 radical (unpaired) electrons. The van der Waals surface area contributed by atoms with Crippen LogP contribution in [0.1, 0.15) is 23.3 Å². The molecule has 1 aromatic heterocycles. The lowest BCUT2D eigenvalue weighted by atomic mass is 10.2. The molecule has 4 nitrogen and oxygen atoms in total. The molecule has 1 saturated heterocycles. The molecule has 100 valence electrons. The second-order valence-corrected chi connectivity index (χ2v) is 5.01. The van der Waals surface area contributed by atoms with Gasteiger partial charge in [0.1, 0.15) is 11.4 Å². The largest absolute Gasteiger partial charge is 0.497 e. The van der Waals surface area contributed by atoms with Crippen LogP contribution in [0.15, 0.2) is 24.3 Å². The van der Waals surface area contributed by atoms with Crippen molar-refractivity contribution in [2.75, 3.05) is 20.2 Å². The van der Waals surface area contributed by atoms with Gasteiger partial charge in [-0.1, -0.05) is 0 Å². The Labute approximate surface area is 112 Å². The van der Waals surface area contributed by atoms with Crippen molar-refractivity contribution in [1.82, 2.24) is 9.47 Å². The SMILES string of the molecule is COc1ccc2cc(C(=O)N3CCCC3)n(C)c2c1. The van der Waals surface area contributed by atoms with E-state index >= 15 is 0 Å². The zero-order chi connectivity index (χ0) is 13.4. The van der Waals surface area contributed by atoms with E-state index in [0.29, 0.717) is 0 Å². The van der Waals surface area contributed by atoms with E-state index < -0.39 is 0 Å². The van der Waals surface area contributed by atoms with Crippen LogP contribution in [-0.2, 0) is 7.05 Å². The molecule has 0 bridgehead atoms. The summed E-state index contributed by atoms with van der Waals surface area (Å²) >= 11 is 0. The standard InChI is InChI=1S/C15H18N2O2/c1-16-13-10-12(19-2)6-5-11(13)9-14(16)15(18)17-7-3-4-8-17/h5-6,9-10H,3-4,7-8H2,1-2H3. The number of ether oxygens (including phenoxy) is 1. The number of carbonyl (C=O) groups is 1. The predicted octanol–water partition coefficient (Wildman–Crippen LogP) is 2.42. The van der Waals surface area contributed by atoms with E-state index in [4.69, 9.17) is 4.74 Å². The molecule has 1 aromatic carbocycles. The monoisotopic (exact) mass is 258 g/mol. The zero-order valence-corrected chi connectivity index (χ0v) is 11.3. The summed E-state index contributed by atoms with van der Waals surface area (Å²) in [5.74, 6) is 0.948. The lowest BCUT2D eigenvalue weighted by molar-refractivity contribution is 0.0784. The molecular formula is C15H18N2O2. The van der Waals surface area contributed by atoms with E-state index in [1.165, 1.54) is 0 Å². The maximum absolute atomic E-state index is 12.5. The molecule has 0 atom stereocenters. The summed E-state index contributed by atoms with van der Waals surface area (Å²) in [5.41, 5.74) is 1.78. The molecule has 0 unspecified atom stereocenters. The van der Waals surface area contributed by atoms with Gasteiger partial charge in [0.15, 0.2) is 0 Å². The van der Waals surface area contributed by atoms with Gasteiger partial charge in [0.2, 0.25) is 0 Å². The van der Waals surface area contributed by atoms with Crippen LogP contribution in [0.4, 0.5) is 0 Å². The van der Waals surface area contributed by atoms with Crippen LogP contribution in [0.2, 0.25) is 0 Å². The van der Waals surface area contributed by atoms with Crippen LogP contribution in [0.3, 0.4) is 0 Å². The molecule has 0 aliphatic carbocycles. The molecule has 0 saturated carbocycles. The highest BCUT2D eigenvalue weighted by Crippen LogP contribution is 2.25. The number of methoxy groups -OCH3 is 1. The van der Waals surface area contributed by atoms with Crippen LogP contribution in [0.5, 0.6) is 5.75 Å². The Balaban J connectivity index is 2.04. The molecule has 1 aliphatic rings. The fourth-order valence-corrected chi connectivity index (χ4v) is 2.72. The summed E-state index contributed by atoms with van der Waals surface area (Å²) in [5, 5.41) is 1.07. The first-order chi connectivity index (χ1) is 9.20. The highest BCUT2D eigenvalue weighted by molar-refractivity contribution is 5.99. The number of likely N-dealkylation sites (tertiary alicyclic amines) is 1. The van der Waals surface area contributed by atoms with Gasteiger partial charge in [-0.15, -0.1) is 0 Å². The van der Waals surface area contributed by atoms with E-state index in [9.17, 15) is 4.79 Å². The Morgan fingerprint density at radius 1 is 1.21 bits per heavy atom. The molecule has 2 aromatic rings. The van der Waals surface area contributed by atoms with Crippen LogP contribution < -0.4 is 4.74 Å². The van der Waals surface area contributed by atoms with Crippen molar-refractivity contribution in [3.05, 3.63) is 30.0 Å². The second-order valence-electron chi connectivity index (χ2n) is 5.01. The number of rotatable bonds is 2. The van der Waals surface area contributed by atoms with Gasteiger partial charge < -0.3 is 14.2 Å². The van der Waals surface area contributed by atoms with Crippen LogP contribution in [0, 0.1) is 0 Å². The first-order valence-electron chi connectivity index (χ1n) is 6.63. The fraction of sp³-hybridized carbons (Fsp3) is 0.400.